The normalized spacial score (nSPS) is 15.6. The lowest BCUT2D eigenvalue weighted by Gasteiger charge is -2.33. The van der Waals surface area contributed by atoms with Crippen LogP contribution in [0.2, 0.25) is 0 Å². The number of carbonyl (C=O) groups excluding carboxylic acids is 1. The SMILES string of the molecule is O=C(c1csc(-c2cccs2)n1)N1CCN(S(=O)(=O)c2c(F)cccc2F)CC1. The lowest BCUT2D eigenvalue weighted by molar-refractivity contribution is 0.0692. The second kappa shape index (κ2) is 7.90. The highest BCUT2D eigenvalue weighted by Gasteiger charge is 2.34. The molecule has 3 heterocycles. The Morgan fingerprint density at radius 1 is 1.00 bits per heavy atom. The van der Waals surface area contributed by atoms with Gasteiger partial charge in [0.2, 0.25) is 10.0 Å². The number of carbonyl (C=O) groups is 1. The van der Waals surface area contributed by atoms with Gasteiger partial charge in [-0.15, -0.1) is 22.7 Å². The van der Waals surface area contributed by atoms with Crippen LogP contribution in [0.4, 0.5) is 8.78 Å². The lowest BCUT2D eigenvalue weighted by atomic mass is 10.3. The maximum absolute atomic E-state index is 13.9. The van der Waals surface area contributed by atoms with E-state index < -0.39 is 26.6 Å². The van der Waals surface area contributed by atoms with Crippen molar-refractivity contribution in [2.24, 2.45) is 0 Å². The third kappa shape index (κ3) is 3.82. The van der Waals surface area contributed by atoms with E-state index in [1.54, 1.807) is 5.38 Å². The average molecular weight is 456 g/mol. The van der Waals surface area contributed by atoms with Crippen LogP contribution in [0.5, 0.6) is 0 Å². The number of sulfonamides is 1. The summed E-state index contributed by atoms with van der Waals surface area (Å²) in [6, 6.07) is 6.75. The molecule has 0 radical (unpaired) electrons. The summed E-state index contributed by atoms with van der Waals surface area (Å²) >= 11 is 2.90. The van der Waals surface area contributed by atoms with Crippen molar-refractivity contribution in [3.8, 4) is 9.88 Å². The number of amides is 1. The summed E-state index contributed by atoms with van der Waals surface area (Å²) in [7, 11) is -4.33. The van der Waals surface area contributed by atoms with Crippen LogP contribution in [0.15, 0.2) is 46.0 Å². The smallest absolute Gasteiger partial charge is 0.273 e. The van der Waals surface area contributed by atoms with E-state index in [1.807, 2.05) is 17.5 Å². The monoisotopic (exact) mass is 455 g/mol. The van der Waals surface area contributed by atoms with E-state index in [-0.39, 0.29) is 32.1 Å². The number of nitrogens with zero attached hydrogens (tertiary/aromatic N) is 3. The molecule has 1 aliphatic heterocycles. The van der Waals surface area contributed by atoms with E-state index in [0.29, 0.717) is 5.69 Å². The fourth-order valence-corrected chi connectivity index (χ4v) is 6.18. The van der Waals surface area contributed by atoms with E-state index in [1.165, 1.54) is 27.6 Å². The van der Waals surface area contributed by atoms with E-state index >= 15 is 0 Å². The second-order valence-corrected chi connectivity index (χ2v) is 9.94. The molecule has 1 fully saturated rings. The standard InChI is InChI=1S/C18H15F2N3O3S3/c19-12-3-1-4-13(20)16(12)29(25,26)23-8-6-22(7-9-23)18(24)14-11-28-17(21-14)15-5-2-10-27-15/h1-5,10-11H,6-9H2. The van der Waals surface area contributed by atoms with Crippen molar-refractivity contribution in [2.45, 2.75) is 4.90 Å². The zero-order chi connectivity index (χ0) is 20.6. The van der Waals surface area contributed by atoms with Crippen LogP contribution in [-0.4, -0.2) is 54.7 Å². The minimum atomic E-state index is -4.33. The molecule has 1 aliphatic rings. The summed E-state index contributed by atoms with van der Waals surface area (Å²) in [5.41, 5.74) is 0.301. The molecule has 0 atom stereocenters. The largest absolute Gasteiger partial charge is 0.335 e. The Labute approximate surface area is 174 Å². The van der Waals surface area contributed by atoms with Crippen molar-refractivity contribution >= 4 is 38.6 Å². The summed E-state index contributed by atoms with van der Waals surface area (Å²) in [5, 5.41) is 4.35. The number of benzene rings is 1. The van der Waals surface area contributed by atoms with E-state index in [9.17, 15) is 22.0 Å². The molecule has 152 valence electrons. The molecular formula is C18H15F2N3O3S3. The molecule has 0 saturated carbocycles. The van der Waals surface area contributed by atoms with Gasteiger partial charge in [-0.1, -0.05) is 12.1 Å². The fraction of sp³-hybridized carbons (Fsp3) is 0.222. The minimum absolute atomic E-state index is 0.0518. The molecule has 4 rings (SSSR count). The van der Waals surface area contributed by atoms with Gasteiger partial charge in [0, 0.05) is 31.6 Å². The molecule has 0 bridgehead atoms. The maximum atomic E-state index is 13.9. The van der Waals surface area contributed by atoms with Gasteiger partial charge in [0.1, 0.15) is 22.3 Å². The minimum Gasteiger partial charge on any atom is -0.335 e. The number of halogens is 2. The fourth-order valence-electron chi connectivity index (χ4n) is 3.04. The number of thiophene rings is 1. The summed E-state index contributed by atoms with van der Waals surface area (Å²) in [4.78, 5) is 18.6. The van der Waals surface area contributed by atoms with Gasteiger partial charge in [0.25, 0.3) is 5.91 Å². The van der Waals surface area contributed by atoms with Crippen molar-refractivity contribution in [3.05, 3.63) is 58.4 Å². The number of rotatable bonds is 4. The molecule has 1 saturated heterocycles. The number of hydrogen-bond donors (Lipinski definition) is 0. The van der Waals surface area contributed by atoms with Crippen molar-refractivity contribution in [2.75, 3.05) is 26.2 Å². The molecular weight excluding hydrogens is 440 g/mol. The van der Waals surface area contributed by atoms with Gasteiger partial charge in [-0.3, -0.25) is 4.79 Å². The highest BCUT2D eigenvalue weighted by Crippen LogP contribution is 2.29. The first-order chi connectivity index (χ1) is 13.9. The van der Waals surface area contributed by atoms with Gasteiger partial charge >= 0.3 is 0 Å². The first kappa shape index (κ1) is 20.1. The van der Waals surface area contributed by atoms with Crippen LogP contribution >= 0.6 is 22.7 Å². The predicted molar refractivity (Wildman–Crippen MR) is 106 cm³/mol. The van der Waals surface area contributed by atoms with E-state index in [0.717, 1.165) is 32.4 Å². The van der Waals surface area contributed by atoms with Gasteiger partial charge in [0.15, 0.2) is 4.90 Å². The third-order valence-electron chi connectivity index (χ3n) is 4.50. The predicted octanol–water partition coefficient (Wildman–Crippen LogP) is 3.30. The van der Waals surface area contributed by atoms with E-state index in [2.05, 4.69) is 4.98 Å². The van der Waals surface area contributed by atoms with Gasteiger partial charge in [-0.2, -0.15) is 4.31 Å². The molecule has 29 heavy (non-hydrogen) atoms. The molecule has 0 unspecified atom stereocenters. The van der Waals surface area contributed by atoms with Crippen molar-refractivity contribution in [3.63, 3.8) is 0 Å². The summed E-state index contributed by atoms with van der Waals surface area (Å²) in [6.45, 7) is 0.119. The van der Waals surface area contributed by atoms with Gasteiger partial charge in [0.05, 0.1) is 4.88 Å². The Bertz CT molecular complexity index is 1120. The van der Waals surface area contributed by atoms with Crippen LogP contribution in [0.1, 0.15) is 10.5 Å². The molecule has 1 aromatic carbocycles. The maximum Gasteiger partial charge on any atom is 0.273 e. The Balaban J connectivity index is 1.46. The number of hydrogen-bond acceptors (Lipinski definition) is 6. The van der Waals surface area contributed by atoms with Gasteiger partial charge in [-0.05, 0) is 23.6 Å². The zero-order valence-corrected chi connectivity index (χ0v) is 17.4. The lowest BCUT2D eigenvalue weighted by Crippen LogP contribution is -2.50. The average Bonchev–Trinajstić information content (AvgIpc) is 3.39. The first-order valence-corrected chi connectivity index (χ1v) is 11.8. The van der Waals surface area contributed by atoms with Crippen LogP contribution < -0.4 is 0 Å². The zero-order valence-electron chi connectivity index (χ0n) is 14.9. The highest BCUT2D eigenvalue weighted by molar-refractivity contribution is 7.89. The number of piperazine rings is 1. The molecule has 0 spiro atoms. The molecule has 6 nitrogen and oxygen atoms in total. The van der Waals surface area contributed by atoms with E-state index in [4.69, 9.17) is 0 Å². The quantitative estimate of drug-likeness (QED) is 0.605. The van der Waals surface area contributed by atoms with Crippen molar-refractivity contribution < 1.29 is 22.0 Å². The molecule has 1 amide bonds. The Morgan fingerprint density at radius 3 is 2.31 bits per heavy atom. The van der Waals surface area contributed by atoms with Crippen molar-refractivity contribution in [1.29, 1.82) is 0 Å². The van der Waals surface area contributed by atoms with Gasteiger partial charge < -0.3 is 4.90 Å². The summed E-state index contributed by atoms with van der Waals surface area (Å²) in [5.74, 6) is -2.56. The first-order valence-electron chi connectivity index (χ1n) is 8.61. The molecule has 3 aromatic rings. The van der Waals surface area contributed by atoms with Crippen LogP contribution in [-0.2, 0) is 10.0 Å². The van der Waals surface area contributed by atoms with Crippen LogP contribution in [0.3, 0.4) is 0 Å². The Hall–Kier alpha value is -2.21. The van der Waals surface area contributed by atoms with Crippen LogP contribution in [0.25, 0.3) is 9.88 Å². The summed E-state index contributed by atoms with van der Waals surface area (Å²) in [6.07, 6.45) is 0. The molecule has 0 aliphatic carbocycles. The Kier molecular flexibility index (Phi) is 5.47. The topological polar surface area (TPSA) is 70.6 Å². The Morgan fingerprint density at radius 2 is 1.69 bits per heavy atom. The molecule has 11 heteroatoms. The molecule has 2 aromatic heterocycles. The highest BCUT2D eigenvalue weighted by atomic mass is 32.2. The number of aromatic nitrogens is 1. The number of thiazole rings is 1. The van der Waals surface area contributed by atoms with Crippen molar-refractivity contribution in [1.82, 2.24) is 14.2 Å². The van der Waals surface area contributed by atoms with Crippen LogP contribution in [0, 0.1) is 11.6 Å². The van der Waals surface area contributed by atoms with Gasteiger partial charge in [-0.25, -0.2) is 22.2 Å². The third-order valence-corrected chi connectivity index (χ3v) is 8.33. The second-order valence-electron chi connectivity index (χ2n) is 6.26. The summed E-state index contributed by atoms with van der Waals surface area (Å²) < 4.78 is 54.1. The molecule has 0 N–H and O–H groups in total.